The van der Waals surface area contributed by atoms with Crippen molar-refractivity contribution >= 4 is 23.5 Å². The largest absolute Gasteiger partial charge is 0.241 e. The molecule has 1 rings (SSSR count). The molecule has 1 aromatic rings. The van der Waals surface area contributed by atoms with Crippen LogP contribution in [0.15, 0.2) is 16.1 Å². The van der Waals surface area contributed by atoms with Gasteiger partial charge < -0.3 is 0 Å². The van der Waals surface area contributed by atoms with E-state index in [1.165, 1.54) is 12.2 Å². The van der Waals surface area contributed by atoms with Gasteiger partial charge in [0, 0.05) is 0 Å². The lowest BCUT2D eigenvalue weighted by molar-refractivity contribution is 0.564. The molecule has 0 unspecified atom stereocenters. The molecule has 0 aliphatic carbocycles. The summed E-state index contributed by atoms with van der Waals surface area (Å²) < 4.78 is 0. The van der Waals surface area contributed by atoms with Crippen LogP contribution in [0, 0.1) is 19.1 Å². The first-order chi connectivity index (χ1) is 6.27. The Morgan fingerprint density at radius 3 is 2.46 bits per heavy atom. The molecular formula is C9H4N2O2. The lowest BCUT2D eigenvalue weighted by Crippen LogP contribution is -1.71. The predicted molar refractivity (Wildman–Crippen MR) is 44.4 cm³/mol. The molecule has 0 fully saturated rings. The number of aliphatic imine (C=N–C) groups is 2. The van der Waals surface area contributed by atoms with Crippen LogP contribution < -0.4 is 0 Å². The molecule has 1 aromatic carbocycles. The van der Waals surface area contributed by atoms with Crippen molar-refractivity contribution in [1.29, 1.82) is 0 Å². The molecule has 0 amide bonds. The van der Waals surface area contributed by atoms with E-state index in [4.69, 9.17) is 0 Å². The third kappa shape index (κ3) is 2.11. The van der Waals surface area contributed by atoms with Crippen LogP contribution in [0.3, 0.4) is 0 Å². The average molecular weight is 172 g/mol. The van der Waals surface area contributed by atoms with Gasteiger partial charge >= 0.3 is 0 Å². The van der Waals surface area contributed by atoms with E-state index in [0.717, 1.165) is 0 Å². The van der Waals surface area contributed by atoms with Gasteiger partial charge in [0.25, 0.3) is 0 Å². The van der Waals surface area contributed by atoms with Gasteiger partial charge in [0.05, 0.1) is 0 Å². The van der Waals surface area contributed by atoms with E-state index in [0.29, 0.717) is 16.9 Å². The molecule has 0 heterocycles. The molecular weight excluding hydrogens is 168 g/mol. The van der Waals surface area contributed by atoms with Crippen LogP contribution in [-0.4, -0.2) is 12.2 Å². The lowest BCUT2D eigenvalue weighted by atomic mass is 10.2. The van der Waals surface area contributed by atoms with Crippen molar-refractivity contribution in [2.45, 2.75) is 6.92 Å². The van der Waals surface area contributed by atoms with Crippen LogP contribution >= 0.6 is 0 Å². The van der Waals surface area contributed by atoms with Crippen molar-refractivity contribution in [2.24, 2.45) is 9.98 Å². The maximum atomic E-state index is 9.93. The van der Waals surface area contributed by atoms with Gasteiger partial charge in [0.2, 0.25) is 12.2 Å². The Labute approximate surface area is 74.6 Å². The SMILES string of the molecule is Cc1cc(N=C=O)c#cc1N=C=O. The fourth-order valence-corrected chi connectivity index (χ4v) is 0.803. The van der Waals surface area contributed by atoms with Crippen LogP contribution in [0.25, 0.3) is 0 Å². The zero-order valence-electron chi connectivity index (χ0n) is 6.79. The topological polar surface area (TPSA) is 58.9 Å². The van der Waals surface area contributed by atoms with Crippen LogP contribution in [0.1, 0.15) is 5.56 Å². The van der Waals surface area contributed by atoms with E-state index >= 15 is 0 Å². The van der Waals surface area contributed by atoms with Gasteiger partial charge in [-0.05, 0) is 30.7 Å². The summed E-state index contributed by atoms with van der Waals surface area (Å²) in [6, 6.07) is 6.65. The predicted octanol–water partition coefficient (Wildman–Crippen LogP) is 1.53. The number of isocyanates is 2. The second-order valence-electron chi connectivity index (χ2n) is 2.22. The number of rotatable bonds is 2. The molecule has 0 radical (unpaired) electrons. The fourth-order valence-electron chi connectivity index (χ4n) is 0.803. The minimum atomic E-state index is 0.317. The molecule has 0 aliphatic heterocycles. The van der Waals surface area contributed by atoms with Gasteiger partial charge in [-0.3, -0.25) is 0 Å². The Kier molecular flexibility index (Phi) is 2.73. The number of hydrogen-bond acceptors (Lipinski definition) is 4. The maximum absolute atomic E-state index is 9.93. The zero-order valence-corrected chi connectivity index (χ0v) is 6.79. The van der Waals surface area contributed by atoms with Gasteiger partial charge in [-0.2, -0.15) is 9.98 Å². The molecule has 0 aromatic heterocycles. The van der Waals surface area contributed by atoms with Crippen LogP contribution in [0.5, 0.6) is 0 Å². The summed E-state index contributed by atoms with van der Waals surface area (Å²) in [4.78, 5) is 26.5. The summed E-state index contributed by atoms with van der Waals surface area (Å²) in [7, 11) is 0. The van der Waals surface area contributed by atoms with E-state index in [1.807, 2.05) is 0 Å². The standard InChI is InChI=1S/C9H4N2O2/c1-7-4-8(10-5-12)2-3-9(7)11-6-13/h4H,1H3. The van der Waals surface area contributed by atoms with Gasteiger partial charge in [-0.15, -0.1) is 0 Å². The summed E-state index contributed by atoms with van der Waals surface area (Å²) in [5, 5.41) is 0. The Bertz CT molecular complexity index is 414. The normalized spacial score (nSPS) is 7.77. The highest BCUT2D eigenvalue weighted by Crippen LogP contribution is 2.18. The van der Waals surface area contributed by atoms with Crippen LogP contribution in [-0.2, 0) is 9.59 Å². The van der Waals surface area contributed by atoms with Gasteiger partial charge in [-0.1, -0.05) is 0 Å². The second-order valence-corrected chi connectivity index (χ2v) is 2.22. The third-order valence-electron chi connectivity index (χ3n) is 1.36. The number of aryl methyl sites for hydroxylation is 1. The Hall–Kier alpha value is -2.20. The molecule has 0 spiro atoms. The van der Waals surface area contributed by atoms with E-state index in [2.05, 4.69) is 22.1 Å². The first-order valence-electron chi connectivity index (χ1n) is 3.38. The van der Waals surface area contributed by atoms with Crippen molar-refractivity contribution in [3.8, 4) is 0 Å². The maximum Gasteiger partial charge on any atom is 0.241 e. The first-order valence-corrected chi connectivity index (χ1v) is 3.38. The lowest BCUT2D eigenvalue weighted by Gasteiger charge is -1.91. The molecule has 0 N–H and O–H groups in total. The number of nitrogens with zero attached hydrogens (tertiary/aromatic N) is 2. The van der Waals surface area contributed by atoms with E-state index in [9.17, 15) is 9.59 Å². The quantitative estimate of drug-likeness (QED) is 0.501. The Balaban J connectivity index is 3.19. The molecule has 4 heteroatoms. The van der Waals surface area contributed by atoms with Gasteiger partial charge in [0.1, 0.15) is 11.4 Å². The summed E-state index contributed by atoms with van der Waals surface area (Å²) in [5.74, 6) is 0. The summed E-state index contributed by atoms with van der Waals surface area (Å²) in [6.45, 7) is 1.71. The summed E-state index contributed by atoms with van der Waals surface area (Å²) in [6.07, 6.45) is 2.77. The fraction of sp³-hybridized carbons (Fsp3) is 0.111. The minimum absolute atomic E-state index is 0.317. The van der Waals surface area contributed by atoms with Crippen molar-refractivity contribution in [2.75, 3.05) is 0 Å². The molecule has 0 aliphatic rings. The number of hydrogen-bond donors (Lipinski definition) is 0. The van der Waals surface area contributed by atoms with E-state index in [1.54, 1.807) is 13.0 Å². The van der Waals surface area contributed by atoms with E-state index in [-0.39, 0.29) is 0 Å². The Morgan fingerprint density at radius 2 is 1.92 bits per heavy atom. The second kappa shape index (κ2) is 3.99. The zero-order chi connectivity index (χ0) is 9.68. The highest BCUT2D eigenvalue weighted by atomic mass is 16.1. The van der Waals surface area contributed by atoms with Crippen LogP contribution in [0.2, 0.25) is 0 Å². The molecule has 0 bridgehead atoms. The Morgan fingerprint density at radius 1 is 1.23 bits per heavy atom. The smallest absolute Gasteiger partial charge is 0.211 e. The molecule has 4 nitrogen and oxygen atoms in total. The summed E-state index contributed by atoms with van der Waals surface area (Å²) in [5.41, 5.74) is 1.34. The highest BCUT2D eigenvalue weighted by molar-refractivity contribution is 5.56. The minimum Gasteiger partial charge on any atom is -0.211 e. The molecule has 13 heavy (non-hydrogen) atoms. The first kappa shape index (κ1) is 8.89. The van der Waals surface area contributed by atoms with Crippen LogP contribution in [0.4, 0.5) is 11.4 Å². The van der Waals surface area contributed by atoms with E-state index < -0.39 is 0 Å². The van der Waals surface area contributed by atoms with Crippen molar-refractivity contribution in [3.05, 3.63) is 23.8 Å². The molecule has 62 valence electrons. The van der Waals surface area contributed by atoms with Crippen molar-refractivity contribution in [1.82, 2.24) is 0 Å². The number of carbonyl (C=O) groups excluding carboxylic acids is 2. The van der Waals surface area contributed by atoms with Gasteiger partial charge in [0.15, 0.2) is 0 Å². The highest BCUT2D eigenvalue weighted by Gasteiger charge is 1.95. The van der Waals surface area contributed by atoms with Crippen molar-refractivity contribution in [3.63, 3.8) is 0 Å². The molecule has 0 atom stereocenters. The third-order valence-corrected chi connectivity index (χ3v) is 1.36. The van der Waals surface area contributed by atoms with Crippen molar-refractivity contribution < 1.29 is 9.59 Å². The average Bonchev–Trinajstić information content (AvgIpc) is 2.10. The summed E-state index contributed by atoms with van der Waals surface area (Å²) >= 11 is 0. The monoisotopic (exact) mass is 172 g/mol. The molecule has 0 saturated heterocycles. The van der Waals surface area contributed by atoms with Gasteiger partial charge in [-0.25, -0.2) is 9.59 Å². The molecule has 0 saturated carbocycles.